The van der Waals surface area contributed by atoms with Crippen LogP contribution < -0.4 is 5.32 Å². The first-order chi connectivity index (χ1) is 6.88. The van der Waals surface area contributed by atoms with Gasteiger partial charge in [0, 0.05) is 12.1 Å². The Morgan fingerprint density at radius 2 is 2.07 bits per heavy atom. The number of hydrogen-bond donors (Lipinski definition) is 1. The van der Waals surface area contributed by atoms with Gasteiger partial charge in [0.05, 0.1) is 6.04 Å². The molecule has 76 valence electrons. The van der Waals surface area contributed by atoms with Gasteiger partial charge in [-0.25, -0.2) is 0 Å². The van der Waals surface area contributed by atoms with Crippen molar-refractivity contribution in [1.29, 1.82) is 0 Å². The molecule has 2 heterocycles. The summed E-state index contributed by atoms with van der Waals surface area (Å²) in [6.07, 6.45) is 11.9. The standard InChI is InChI=1S/C12H18N2/c1-2-10-8-12(3-6-13-7-4-12)9-11(10)14-5-1/h1-2,5,10-11,13H,3-4,6-9H2. The Kier molecular flexibility index (Phi) is 1.98. The molecule has 0 bridgehead atoms. The van der Waals surface area contributed by atoms with E-state index in [4.69, 9.17) is 0 Å². The van der Waals surface area contributed by atoms with E-state index in [1.807, 2.05) is 6.21 Å². The Bertz CT molecular complexity index is 252. The lowest BCUT2D eigenvalue weighted by Crippen LogP contribution is -2.35. The molecule has 0 amide bonds. The summed E-state index contributed by atoms with van der Waals surface area (Å²) >= 11 is 0. The minimum Gasteiger partial charge on any atom is -0.317 e. The predicted molar refractivity (Wildman–Crippen MR) is 58.7 cm³/mol. The summed E-state index contributed by atoms with van der Waals surface area (Å²) in [6.45, 7) is 2.43. The lowest BCUT2D eigenvalue weighted by atomic mass is 9.77. The SMILES string of the molecule is C1=CC2CC3(CCNCC3)CC2N=C1. The van der Waals surface area contributed by atoms with Crippen LogP contribution in [0.15, 0.2) is 17.1 Å². The highest BCUT2D eigenvalue weighted by molar-refractivity contribution is 5.72. The third kappa shape index (κ3) is 1.33. The van der Waals surface area contributed by atoms with Crippen molar-refractivity contribution in [2.75, 3.05) is 13.1 Å². The normalized spacial score (nSPS) is 38.9. The Morgan fingerprint density at radius 3 is 2.86 bits per heavy atom. The molecule has 0 radical (unpaired) electrons. The van der Waals surface area contributed by atoms with Gasteiger partial charge in [0.25, 0.3) is 0 Å². The number of allylic oxidation sites excluding steroid dienone is 1. The van der Waals surface area contributed by atoms with Crippen LogP contribution in [0.1, 0.15) is 25.7 Å². The van der Waals surface area contributed by atoms with E-state index in [9.17, 15) is 0 Å². The largest absolute Gasteiger partial charge is 0.317 e. The van der Waals surface area contributed by atoms with Gasteiger partial charge in [-0.2, -0.15) is 0 Å². The number of nitrogens with one attached hydrogen (secondary N) is 1. The first-order valence-electron chi connectivity index (χ1n) is 5.79. The first-order valence-corrected chi connectivity index (χ1v) is 5.79. The quantitative estimate of drug-likeness (QED) is 0.618. The third-order valence-corrected chi connectivity index (χ3v) is 4.19. The van der Waals surface area contributed by atoms with Crippen molar-refractivity contribution in [3.05, 3.63) is 12.2 Å². The Hall–Kier alpha value is -0.630. The van der Waals surface area contributed by atoms with Crippen LogP contribution in [-0.2, 0) is 0 Å². The van der Waals surface area contributed by atoms with Crippen LogP contribution in [0.4, 0.5) is 0 Å². The zero-order chi connectivity index (χ0) is 9.43. The molecule has 1 saturated carbocycles. The second kappa shape index (κ2) is 3.20. The molecule has 14 heavy (non-hydrogen) atoms. The van der Waals surface area contributed by atoms with Crippen LogP contribution in [0, 0.1) is 11.3 Å². The van der Waals surface area contributed by atoms with Crippen LogP contribution in [0.5, 0.6) is 0 Å². The van der Waals surface area contributed by atoms with Gasteiger partial charge in [-0.1, -0.05) is 6.08 Å². The fourth-order valence-electron chi connectivity index (χ4n) is 3.39. The van der Waals surface area contributed by atoms with Gasteiger partial charge in [-0.3, -0.25) is 4.99 Å². The van der Waals surface area contributed by atoms with Gasteiger partial charge in [0.15, 0.2) is 0 Å². The highest BCUT2D eigenvalue weighted by Crippen LogP contribution is 2.49. The fourth-order valence-corrected chi connectivity index (χ4v) is 3.39. The lowest BCUT2D eigenvalue weighted by molar-refractivity contribution is 0.204. The number of rotatable bonds is 0. The van der Waals surface area contributed by atoms with E-state index in [0.717, 1.165) is 5.92 Å². The van der Waals surface area contributed by atoms with Gasteiger partial charge in [-0.15, -0.1) is 0 Å². The van der Waals surface area contributed by atoms with Crippen LogP contribution in [-0.4, -0.2) is 25.3 Å². The van der Waals surface area contributed by atoms with Crippen molar-refractivity contribution in [3.8, 4) is 0 Å². The summed E-state index contributed by atoms with van der Waals surface area (Å²) < 4.78 is 0. The number of piperidine rings is 1. The monoisotopic (exact) mass is 190 g/mol. The van der Waals surface area contributed by atoms with Crippen LogP contribution in [0.2, 0.25) is 0 Å². The predicted octanol–water partition coefficient (Wildman–Crippen LogP) is 1.78. The van der Waals surface area contributed by atoms with Crippen LogP contribution in [0.3, 0.4) is 0 Å². The Morgan fingerprint density at radius 1 is 1.21 bits per heavy atom. The van der Waals surface area contributed by atoms with E-state index >= 15 is 0 Å². The van der Waals surface area contributed by atoms with Crippen molar-refractivity contribution in [2.45, 2.75) is 31.7 Å². The van der Waals surface area contributed by atoms with Gasteiger partial charge < -0.3 is 5.32 Å². The van der Waals surface area contributed by atoms with Gasteiger partial charge >= 0.3 is 0 Å². The fraction of sp³-hybridized carbons (Fsp3) is 0.750. The number of fused-ring (bicyclic) bond motifs is 1. The third-order valence-electron chi connectivity index (χ3n) is 4.19. The van der Waals surface area contributed by atoms with Crippen molar-refractivity contribution in [1.82, 2.24) is 5.32 Å². The molecule has 2 aliphatic heterocycles. The Balaban J connectivity index is 1.79. The summed E-state index contributed by atoms with van der Waals surface area (Å²) in [6, 6.07) is 0.609. The molecule has 0 aromatic heterocycles. The van der Waals surface area contributed by atoms with E-state index in [2.05, 4.69) is 22.5 Å². The minimum atomic E-state index is 0.609. The van der Waals surface area contributed by atoms with Crippen LogP contribution in [0.25, 0.3) is 0 Å². The van der Waals surface area contributed by atoms with E-state index < -0.39 is 0 Å². The van der Waals surface area contributed by atoms with Crippen LogP contribution >= 0.6 is 0 Å². The summed E-state index contributed by atoms with van der Waals surface area (Å²) in [5.74, 6) is 0.748. The number of nitrogens with zero attached hydrogens (tertiary/aromatic N) is 1. The van der Waals surface area contributed by atoms with Gasteiger partial charge in [0.2, 0.25) is 0 Å². The molecule has 1 spiro atoms. The zero-order valence-corrected chi connectivity index (χ0v) is 8.58. The van der Waals surface area contributed by atoms with Gasteiger partial charge in [-0.05, 0) is 50.3 Å². The maximum absolute atomic E-state index is 4.61. The number of hydrogen-bond acceptors (Lipinski definition) is 2. The molecule has 2 heteroatoms. The first kappa shape index (κ1) is 8.66. The average Bonchev–Trinajstić information content (AvgIpc) is 2.56. The number of dihydropyridines is 1. The highest BCUT2D eigenvalue weighted by Gasteiger charge is 2.44. The molecule has 2 fully saturated rings. The topological polar surface area (TPSA) is 24.4 Å². The van der Waals surface area contributed by atoms with E-state index in [0.29, 0.717) is 11.5 Å². The van der Waals surface area contributed by atoms with E-state index in [1.54, 1.807) is 0 Å². The zero-order valence-electron chi connectivity index (χ0n) is 8.58. The van der Waals surface area contributed by atoms with Crippen molar-refractivity contribution in [2.24, 2.45) is 16.3 Å². The summed E-state index contributed by atoms with van der Waals surface area (Å²) in [4.78, 5) is 4.61. The molecule has 0 aromatic rings. The molecule has 1 aliphatic carbocycles. The minimum absolute atomic E-state index is 0.609. The second-order valence-corrected chi connectivity index (χ2v) is 5.07. The molecule has 3 aliphatic rings. The smallest absolute Gasteiger partial charge is 0.0567 e. The maximum Gasteiger partial charge on any atom is 0.0567 e. The average molecular weight is 190 g/mol. The molecule has 1 saturated heterocycles. The Labute approximate surface area is 85.5 Å². The van der Waals surface area contributed by atoms with Gasteiger partial charge in [0.1, 0.15) is 0 Å². The van der Waals surface area contributed by atoms with Crippen molar-refractivity contribution >= 4 is 6.21 Å². The molecule has 2 nitrogen and oxygen atoms in total. The van der Waals surface area contributed by atoms with E-state index in [-0.39, 0.29) is 0 Å². The summed E-state index contributed by atoms with van der Waals surface area (Å²) in [5, 5.41) is 3.46. The summed E-state index contributed by atoms with van der Waals surface area (Å²) in [5.41, 5.74) is 0.632. The molecule has 3 rings (SSSR count). The molecular weight excluding hydrogens is 172 g/mol. The summed E-state index contributed by atoms with van der Waals surface area (Å²) in [7, 11) is 0. The maximum atomic E-state index is 4.61. The molecule has 2 atom stereocenters. The highest BCUT2D eigenvalue weighted by atomic mass is 14.9. The van der Waals surface area contributed by atoms with Crippen molar-refractivity contribution < 1.29 is 0 Å². The molecule has 0 aromatic carbocycles. The molecule has 2 unspecified atom stereocenters. The number of aliphatic imine (C=N–C) groups is 1. The second-order valence-electron chi connectivity index (χ2n) is 5.07. The molecule has 1 N–H and O–H groups in total. The van der Waals surface area contributed by atoms with E-state index in [1.165, 1.54) is 38.8 Å². The molecular formula is C12H18N2. The van der Waals surface area contributed by atoms with Crippen molar-refractivity contribution in [3.63, 3.8) is 0 Å². The lowest BCUT2D eigenvalue weighted by Gasteiger charge is -2.33.